The fourth-order valence-electron chi connectivity index (χ4n) is 2.73. The zero-order valence-electron chi connectivity index (χ0n) is 15.6. The van der Waals surface area contributed by atoms with Gasteiger partial charge in [-0.25, -0.2) is 9.97 Å². The van der Waals surface area contributed by atoms with E-state index in [1.807, 2.05) is 25.1 Å². The molecule has 1 amide bonds. The van der Waals surface area contributed by atoms with E-state index in [1.165, 1.54) is 24.1 Å². The second-order valence-corrected chi connectivity index (χ2v) is 6.38. The van der Waals surface area contributed by atoms with Crippen LogP contribution in [0.3, 0.4) is 0 Å². The molecule has 0 radical (unpaired) electrons. The van der Waals surface area contributed by atoms with Crippen molar-refractivity contribution in [3.05, 3.63) is 59.6 Å². The molecular formula is C19H16N6O4. The Hall–Kier alpha value is -4.08. The Kier molecular flexibility index (Phi) is 4.51. The van der Waals surface area contributed by atoms with E-state index < -0.39 is 5.91 Å². The third-order valence-electron chi connectivity index (χ3n) is 4.05. The highest BCUT2D eigenvalue weighted by Gasteiger charge is 2.22. The highest BCUT2D eigenvalue weighted by molar-refractivity contribution is 5.97. The van der Waals surface area contributed by atoms with Crippen molar-refractivity contribution in [3.8, 4) is 22.9 Å². The number of primary amides is 1. The molecule has 0 atom stereocenters. The Labute approximate surface area is 164 Å². The Morgan fingerprint density at radius 1 is 1.21 bits per heavy atom. The molecule has 0 fully saturated rings. The van der Waals surface area contributed by atoms with Crippen molar-refractivity contribution in [3.63, 3.8) is 0 Å². The van der Waals surface area contributed by atoms with Gasteiger partial charge in [0.1, 0.15) is 12.3 Å². The third-order valence-corrected chi connectivity index (χ3v) is 4.05. The molecule has 0 saturated heterocycles. The molecule has 0 aliphatic rings. The molecule has 0 aliphatic carbocycles. The SMILES string of the molecule is CC(=O)c1ncc(Cn2ncc(-c3nc(C(N)=O)c(-c4cccc(C)c4)o3)n2)o1. The number of hydrogen-bond donors (Lipinski definition) is 1. The van der Waals surface area contributed by atoms with Gasteiger partial charge in [-0.3, -0.25) is 9.59 Å². The number of hydrogen-bond acceptors (Lipinski definition) is 8. The Morgan fingerprint density at radius 2 is 2.03 bits per heavy atom. The van der Waals surface area contributed by atoms with Crippen LogP contribution in [0.5, 0.6) is 0 Å². The molecule has 10 nitrogen and oxygen atoms in total. The Balaban J connectivity index is 1.64. The highest BCUT2D eigenvalue weighted by atomic mass is 16.4. The molecule has 4 rings (SSSR count). The lowest BCUT2D eigenvalue weighted by atomic mass is 10.1. The van der Waals surface area contributed by atoms with Crippen molar-refractivity contribution in [1.29, 1.82) is 0 Å². The number of aromatic nitrogens is 5. The van der Waals surface area contributed by atoms with Crippen LogP contribution in [0.4, 0.5) is 0 Å². The maximum Gasteiger partial charge on any atom is 0.271 e. The summed E-state index contributed by atoms with van der Waals surface area (Å²) in [5.74, 6) is -0.150. The lowest BCUT2D eigenvalue weighted by Gasteiger charge is -1.99. The number of oxazole rings is 2. The molecule has 3 aromatic heterocycles. The number of nitrogens with zero attached hydrogens (tertiary/aromatic N) is 5. The first-order chi connectivity index (χ1) is 13.9. The first-order valence-electron chi connectivity index (χ1n) is 8.64. The number of amides is 1. The summed E-state index contributed by atoms with van der Waals surface area (Å²) < 4.78 is 11.1. The zero-order valence-corrected chi connectivity index (χ0v) is 15.6. The highest BCUT2D eigenvalue weighted by Crippen LogP contribution is 2.29. The van der Waals surface area contributed by atoms with Gasteiger partial charge >= 0.3 is 0 Å². The van der Waals surface area contributed by atoms with Crippen LogP contribution in [0, 0.1) is 6.92 Å². The minimum Gasteiger partial charge on any atom is -0.437 e. The Morgan fingerprint density at radius 3 is 2.72 bits per heavy atom. The van der Waals surface area contributed by atoms with Crippen molar-refractivity contribution in [2.24, 2.45) is 5.73 Å². The van der Waals surface area contributed by atoms with Crippen molar-refractivity contribution in [1.82, 2.24) is 25.0 Å². The fraction of sp³-hybridized carbons (Fsp3) is 0.158. The predicted octanol–water partition coefficient (Wildman–Crippen LogP) is 2.25. The van der Waals surface area contributed by atoms with Gasteiger partial charge in [-0.1, -0.05) is 23.8 Å². The average Bonchev–Trinajstić information content (AvgIpc) is 3.41. The largest absolute Gasteiger partial charge is 0.437 e. The summed E-state index contributed by atoms with van der Waals surface area (Å²) >= 11 is 0. The number of ketones is 1. The van der Waals surface area contributed by atoms with E-state index in [0.29, 0.717) is 17.0 Å². The lowest BCUT2D eigenvalue weighted by Crippen LogP contribution is -2.12. The van der Waals surface area contributed by atoms with Crippen LogP contribution in [0.15, 0.2) is 45.5 Å². The average molecular weight is 392 g/mol. The molecule has 0 saturated carbocycles. The second kappa shape index (κ2) is 7.15. The molecular weight excluding hydrogens is 376 g/mol. The van der Waals surface area contributed by atoms with Crippen molar-refractivity contribution >= 4 is 11.7 Å². The van der Waals surface area contributed by atoms with Gasteiger partial charge in [0.2, 0.25) is 11.7 Å². The van der Waals surface area contributed by atoms with Gasteiger partial charge in [0.15, 0.2) is 17.1 Å². The monoisotopic (exact) mass is 392 g/mol. The lowest BCUT2D eigenvalue weighted by molar-refractivity contribution is 0.0975. The molecule has 146 valence electrons. The third kappa shape index (κ3) is 3.68. The number of carbonyl (C=O) groups is 2. The van der Waals surface area contributed by atoms with Crippen LogP contribution in [0.25, 0.3) is 22.9 Å². The summed E-state index contributed by atoms with van der Waals surface area (Å²) in [6, 6.07) is 7.44. The van der Waals surface area contributed by atoms with Gasteiger partial charge < -0.3 is 14.6 Å². The maximum atomic E-state index is 11.8. The van der Waals surface area contributed by atoms with Gasteiger partial charge in [-0.2, -0.15) is 9.90 Å². The number of Topliss-reactive ketones (excluding diaryl/α,β-unsaturated/α-hetero) is 1. The number of rotatable bonds is 6. The van der Waals surface area contributed by atoms with Gasteiger partial charge in [0.25, 0.3) is 11.8 Å². The minimum absolute atomic E-state index is 0.0153. The summed E-state index contributed by atoms with van der Waals surface area (Å²) in [5, 5.41) is 8.41. The van der Waals surface area contributed by atoms with Gasteiger partial charge in [-0.05, 0) is 13.0 Å². The molecule has 2 N–H and O–H groups in total. The molecule has 0 unspecified atom stereocenters. The Bertz CT molecular complexity index is 1220. The van der Waals surface area contributed by atoms with E-state index >= 15 is 0 Å². The van der Waals surface area contributed by atoms with Gasteiger partial charge in [0.05, 0.1) is 12.4 Å². The summed E-state index contributed by atoms with van der Waals surface area (Å²) in [4.78, 5) is 32.5. The topological polar surface area (TPSA) is 143 Å². The van der Waals surface area contributed by atoms with E-state index in [0.717, 1.165) is 5.56 Å². The number of nitrogens with two attached hydrogens (primary N) is 1. The van der Waals surface area contributed by atoms with Crippen molar-refractivity contribution < 1.29 is 18.4 Å². The van der Waals surface area contributed by atoms with E-state index in [9.17, 15) is 9.59 Å². The molecule has 0 spiro atoms. The van der Waals surface area contributed by atoms with Crippen molar-refractivity contribution in [2.75, 3.05) is 0 Å². The van der Waals surface area contributed by atoms with E-state index in [-0.39, 0.29) is 35.6 Å². The van der Waals surface area contributed by atoms with E-state index in [4.69, 9.17) is 14.6 Å². The maximum absolute atomic E-state index is 11.8. The summed E-state index contributed by atoms with van der Waals surface area (Å²) in [6.45, 7) is 3.45. The quantitative estimate of drug-likeness (QED) is 0.492. The number of aryl methyl sites for hydroxylation is 1. The molecule has 29 heavy (non-hydrogen) atoms. The summed E-state index contributed by atoms with van der Waals surface area (Å²) in [6.07, 6.45) is 2.88. The second-order valence-electron chi connectivity index (χ2n) is 6.38. The van der Waals surface area contributed by atoms with Gasteiger partial charge in [-0.15, -0.1) is 5.10 Å². The fourth-order valence-corrected chi connectivity index (χ4v) is 2.73. The van der Waals surface area contributed by atoms with Crippen LogP contribution in [-0.4, -0.2) is 36.7 Å². The van der Waals surface area contributed by atoms with Crippen molar-refractivity contribution in [2.45, 2.75) is 20.4 Å². The van der Waals surface area contributed by atoms with Crippen LogP contribution in [0.1, 0.15) is 39.4 Å². The normalized spacial score (nSPS) is 11.0. The van der Waals surface area contributed by atoms with Crippen LogP contribution in [-0.2, 0) is 6.54 Å². The number of carbonyl (C=O) groups excluding carboxylic acids is 2. The summed E-state index contributed by atoms with van der Waals surface area (Å²) in [5.41, 5.74) is 7.48. The van der Waals surface area contributed by atoms with Crippen LogP contribution >= 0.6 is 0 Å². The van der Waals surface area contributed by atoms with Gasteiger partial charge in [0, 0.05) is 12.5 Å². The standard InChI is InChI=1S/C19H16N6O4/c1-10-4-3-5-12(6-10)16-15(17(20)27)23-19(29-16)14-8-22-25(24-14)9-13-7-21-18(28-13)11(2)26/h3-8H,9H2,1-2H3,(H2,20,27). The minimum atomic E-state index is -0.706. The molecule has 10 heteroatoms. The molecule has 0 aliphatic heterocycles. The van der Waals surface area contributed by atoms with Crippen LogP contribution < -0.4 is 5.73 Å². The number of benzene rings is 1. The molecule has 1 aromatic carbocycles. The van der Waals surface area contributed by atoms with E-state index in [2.05, 4.69) is 20.2 Å². The molecule has 4 aromatic rings. The first-order valence-corrected chi connectivity index (χ1v) is 8.64. The predicted molar refractivity (Wildman–Crippen MR) is 99.8 cm³/mol. The summed E-state index contributed by atoms with van der Waals surface area (Å²) in [7, 11) is 0. The zero-order chi connectivity index (χ0) is 20.5. The molecule has 3 heterocycles. The van der Waals surface area contributed by atoms with E-state index in [1.54, 1.807) is 6.07 Å². The van der Waals surface area contributed by atoms with Crippen LogP contribution in [0.2, 0.25) is 0 Å². The smallest absolute Gasteiger partial charge is 0.271 e. The first kappa shape index (κ1) is 18.3. The molecule has 0 bridgehead atoms.